The third kappa shape index (κ3) is 3.78. The predicted molar refractivity (Wildman–Crippen MR) is 86.6 cm³/mol. The van der Waals surface area contributed by atoms with Gasteiger partial charge in [-0.05, 0) is 43.3 Å². The monoisotopic (exact) mass is 305 g/mol. The number of para-hydroxylation sites is 1. The number of halogens is 1. The van der Waals surface area contributed by atoms with Gasteiger partial charge in [-0.3, -0.25) is 4.79 Å². The van der Waals surface area contributed by atoms with E-state index in [4.69, 9.17) is 11.6 Å². The number of hydrogen-bond acceptors (Lipinski definition) is 2. The third-order valence-corrected chi connectivity index (χ3v) is 4.30. The van der Waals surface area contributed by atoms with Crippen molar-refractivity contribution in [2.45, 2.75) is 17.1 Å². The van der Waals surface area contributed by atoms with Gasteiger partial charge in [0.05, 0.1) is 5.25 Å². The van der Waals surface area contributed by atoms with Gasteiger partial charge in [0.15, 0.2) is 0 Å². The molecule has 2 nitrogen and oxygen atoms in total. The SMILES string of the molecule is CC(Sc1ccc(Cl)cc1)C(=O)N(C)c1ccccc1. The molecule has 104 valence electrons. The lowest BCUT2D eigenvalue weighted by atomic mass is 10.3. The molecule has 2 aromatic rings. The van der Waals surface area contributed by atoms with Crippen LogP contribution < -0.4 is 4.90 Å². The molecule has 0 aromatic heterocycles. The Bertz CT molecular complexity index is 571. The van der Waals surface area contributed by atoms with Crippen molar-refractivity contribution in [2.75, 3.05) is 11.9 Å². The van der Waals surface area contributed by atoms with E-state index in [1.807, 2.05) is 61.5 Å². The van der Waals surface area contributed by atoms with Crippen LogP contribution in [0.15, 0.2) is 59.5 Å². The zero-order valence-corrected chi connectivity index (χ0v) is 13.0. The van der Waals surface area contributed by atoms with E-state index in [1.54, 1.807) is 11.9 Å². The van der Waals surface area contributed by atoms with E-state index >= 15 is 0 Å². The minimum Gasteiger partial charge on any atom is -0.315 e. The number of amides is 1. The molecule has 0 aliphatic heterocycles. The molecule has 0 heterocycles. The molecule has 4 heteroatoms. The topological polar surface area (TPSA) is 20.3 Å². The van der Waals surface area contributed by atoms with Crippen LogP contribution in [0.5, 0.6) is 0 Å². The highest BCUT2D eigenvalue weighted by Gasteiger charge is 2.19. The number of rotatable bonds is 4. The van der Waals surface area contributed by atoms with Crippen molar-refractivity contribution in [1.29, 1.82) is 0 Å². The van der Waals surface area contributed by atoms with Crippen molar-refractivity contribution < 1.29 is 4.79 Å². The fourth-order valence-electron chi connectivity index (χ4n) is 1.82. The van der Waals surface area contributed by atoms with Crippen LogP contribution in [-0.4, -0.2) is 18.2 Å². The zero-order valence-electron chi connectivity index (χ0n) is 11.4. The normalized spacial score (nSPS) is 11.9. The lowest BCUT2D eigenvalue weighted by molar-refractivity contribution is -0.117. The second kappa shape index (κ2) is 6.82. The lowest BCUT2D eigenvalue weighted by Gasteiger charge is -2.21. The molecule has 0 saturated heterocycles. The Morgan fingerprint density at radius 3 is 2.30 bits per heavy atom. The second-order valence-corrected chi connectivity index (χ2v) is 6.30. The summed E-state index contributed by atoms with van der Waals surface area (Å²) in [4.78, 5) is 15.1. The predicted octanol–water partition coefficient (Wildman–Crippen LogP) is 4.48. The van der Waals surface area contributed by atoms with E-state index in [-0.39, 0.29) is 11.2 Å². The first kappa shape index (κ1) is 14.9. The van der Waals surface area contributed by atoms with Gasteiger partial charge in [-0.15, -0.1) is 11.8 Å². The maximum absolute atomic E-state index is 12.4. The highest BCUT2D eigenvalue weighted by molar-refractivity contribution is 8.00. The largest absolute Gasteiger partial charge is 0.315 e. The lowest BCUT2D eigenvalue weighted by Crippen LogP contribution is -2.33. The van der Waals surface area contributed by atoms with Gasteiger partial charge in [-0.1, -0.05) is 29.8 Å². The van der Waals surface area contributed by atoms with Gasteiger partial charge in [0.25, 0.3) is 0 Å². The quantitative estimate of drug-likeness (QED) is 0.776. The summed E-state index contributed by atoms with van der Waals surface area (Å²) in [7, 11) is 1.80. The summed E-state index contributed by atoms with van der Waals surface area (Å²) < 4.78 is 0. The summed E-state index contributed by atoms with van der Waals surface area (Å²) in [6, 6.07) is 17.2. The molecular formula is C16H16ClNOS. The Morgan fingerprint density at radius 2 is 1.70 bits per heavy atom. The molecule has 1 unspecified atom stereocenters. The average Bonchev–Trinajstić information content (AvgIpc) is 2.49. The summed E-state index contributed by atoms with van der Waals surface area (Å²) in [6.07, 6.45) is 0. The smallest absolute Gasteiger partial charge is 0.239 e. The van der Waals surface area contributed by atoms with E-state index in [1.165, 1.54) is 11.8 Å². The molecule has 2 aromatic carbocycles. The van der Waals surface area contributed by atoms with Crippen molar-refractivity contribution >= 4 is 35.0 Å². The molecule has 1 atom stereocenters. The molecule has 1 amide bonds. The van der Waals surface area contributed by atoms with Gasteiger partial charge in [-0.25, -0.2) is 0 Å². The maximum atomic E-state index is 12.4. The van der Waals surface area contributed by atoms with Crippen LogP contribution in [0.2, 0.25) is 5.02 Å². The molecular weight excluding hydrogens is 290 g/mol. The molecule has 20 heavy (non-hydrogen) atoms. The Labute approximate surface area is 128 Å². The van der Waals surface area contributed by atoms with Gasteiger partial charge in [0, 0.05) is 22.7 Å². The number of carbonyl (C=O) groups excluding carboxylic acids is 1. The molecule has 0 spiro atoms. The van der Waals surface area contributed by atoms with Gasteiger partial charge in [-0.2, -0.15) is 0 Å². The van der Waals surface area contributed by atoms with Crippen LogP contribution in [0, 0.1) is 0 Å². The highest BCUT2D eigenvalue weighted by atomic mass is 35.5. The second-order valence-electron chi connectivity index (χ2n) is 4.45. The maximum Gasteiger partial charge on any atom is 0.239 e. The van der Waals surface area contributed by atoms with E-state index in [2.05, 4.69) is 0 Å². The number of hydrogen-bond donors (Lipinski definition) is 0. The van der Waals surface area contributed by atoms with Crippen LogP contribution in [0.4, 0.5) is 5.69 Å². The van der Waals surface area contributed by atoms with Crippen molar-refractivity contribution in [3.05, 3.63) is 59.6 Å². The number of benzene rings is 2. The first-order valence-corrected chi connectivity index (χ1v) is 7.58. The Kier molecular flexibility index (Phi) is 5.10. The fraction of sp³-hybridized carbons (Fsp3) is 0.188. The van der Waals surface area contributed by atoms with Gasteiger partial charge in [0.2, 0.25) is 5.91 Å². The number of thioether (sulfide) groups is 1. The number of anilines is 1. The highest BCUT2D eigenvalue weighted by Crippen LogP contribution is 2.26. The molecule has 0 saturated carbocycles. The molecule has 0 bridgehead atoms. The first-order chi connectivity index (χ1) is 9.58. The standard InChI is InChI=1S/C16H16ClNOS/c1-12(20-15-10-8-13(17)9-11-15)16(19)18(2)14-6-4-3-5-7-14/h3-12H,1-2H3. The molecule has 0 radical (unpaired) electrons. The average molecular weight is 306 g/mol. The number of carbonyl (C=O) groups is 1. The summed E-state index contributed by atoms with van der Waals surface area (Å²) in [6.45, 7) is 1.92. The van der Waals surface area contributed by atoms with E-state index in [0.29, 0.717) is 5.02 Å². The number of nitrogens with zero attached hydrogens (tertiary/aromatic N) is 1. The minimum absolute atomic E-state index is 0.0798. The Morgan fingerprint density at radius 1 is 1.10 bits per heavy atom. The molecule has 0 aliphatic rings. The Hall–Kier alpha value is -1.45. The minimum atomic E-state index is -0.151. The summed E-state index contributed by atoms with van der Waals surface area (Å²) in [5, 5.41) is 0.552. The van der Waals surface area contributed by atoms with Crippen LogP contribution in [0.3, 0.4) is 0 Å². The van der Waals surface area contributed by atoms with E-state index in [9.17, 15) is 4.79 Å². The van der Waals surface area contributed by atoms with Crippen molar-refractivity contribution in [3.8, 4) is 0 Å². The molecule has 2 rings (SSSR count). The van der Waals surface area contributed by atoms with Crippen LogP contribution in [-0.2, 0) is 4.79 Å². The van der Waals surface area contributed by atoms with Crippen molar-refractivity contribution in [3.63, 3.8) is 0 Å². The molecule has 0 aliphatic carbocycles. The third-order valence-electron chi connectivity index (χ3n) is 2.95. The zero-order chi connectivity index (χ0) is 14.5. The summed E-state index contributed by atoms with van der Waals surface area (Å²) in [5.74, 6) is 0.0798. The summed E-state index contributed by atoms with van der Waals surface area (Å²) in [5.41, 5.74) is 0.904. The van der Waals surface area contributed by atoms with Crippen molar-refractivity contribution in [1.82, 2.24) is 0 Å². The van der Waals surface area contributed by atoms with Gasteiger partial charge in [0.1, 0.15) is 0 Å². The van der Waals surface area contributed by atoms with Crippen LogP contribution >= 0.6 is 23.4 Å². The molecule has 0 N–H and O–H groups in total. The van der Waals surface area contributed by atoms with Crippen LogP contribution in [0.1, 0.15) is 6.92 Å². The molecule has 0 fully saturated rings. The van der Waals surface area contributed by atoms with Crippen LogP contribution in [0.25, 0.3) is 0 Å². The first-order valence-electron chi connectivity index (χ1n) is 6.33. The summed E-state index contributed by atoms with van der Waals surface area (Å²) >= 11 is 7.39. The van der Waals surface area contributed by atoms with Gasteiger partial charge >= 0.3 is 0 Å². The van der Waals surface area contributed by atoms with Crippen molar-refractivity contribution in [2.24, 2.45) is 0 Å². The fourth-order valence-corrected chi connectivity index (χ4v) is 2.91. The van der Waals surface area contributed by atoms with E-state index < -0.39 is 0 Å². The Balaban J connectivity index is 2.03. The van der Waals surface area contributed by atoms with Gasteiger partial charge < -0.3 is 4.90 Å². The van der Waals surface area contributed by atoms with E-state index in [0.717, 1.165) is 10.6 Å².